The number of cyclic esters (lactones) is 1. The zero-order valence-corrected chi connectivity index (χ0v) is 50.8. The molecule has 5 N–H and O–H groups in total. The molecule has 24 heteroatoms. The maximum Gasteiger partial charge on any atom is 0.311 e. The predicted octanol–water partition coefficient (Wildman–Crippen LogP) is 4.15. The third kappa shape index (κ3) is 16.3. The van der Waals surface area contributed by atoms with Crippen molar-refractivity contribution in [2.45, 2.75) is 198 Å². The van der Waals surface area contributed by atoms with Gasteiger partial charge in [-0.3, -0.25) is 4.79 Å². The van der Waals surface area contributed by atoms with Gasteiger partial charge in [0.2, 0.25) is 6.79 Å². The van der Waals surface area contributed by atoms with Gasteiger partial charge in [-0.25, -0.2) is 9.07 Å². The summed E-state index contributed by atoms with van der Waals surface area (Å²) in [6.07, 6.45) is -9.28. The molecule has 0 unspecified atom stereocenters. The fourth-order valence-corrected chi connectivity index (χ4v) is 12.4. The number of ether oxygens (including phenoxy) is 10. The molecule has 0 saturated carbocycles. The lowest BCUT2D eigenvalue weighted by Crippen LogP contribution is -2.61. The molecule has 468 valence electrons. The normalized spacial score (nSPS) is 37.8. The fraction of sp³-hybridized carbons (Fsp3) is 0.828. The third-order valence-electron chi connectivity index (χ3n) is 17.5. The average Bonchev–Trinajstić information content (AvgIpc) is 4.03. The van der Waals surface area contributed by atoms with Crippen molar-refractivity contribution in [3.05, 3.63) is 41.7 Å². The average molecular weight is 1170 g/mol. The Kier molecular flexibility index (Phi) is 24.9. The van der Waals surface area contributed by atoms with Gasteiger partial charge < -0.3 is 87.5 Å². The van der Waals surface area contributed by atoms with Gasteiger partial charge in [0.05, 0.1) is 85.5 Å². The Bertz CT molecular complexity index is 2280. The molecule has 1 aromatic carbocycles. The van der Waals surface area contributed by atoms with Gasteiger partial charge in [0.15, 0.2) is 12.6 Å². The van der Waals surface area contributed by atoms with Crippen LogP contribution in [0, 0.1) is 23.7 Å². The molecule has 0 spiro atoms. The second-order valence-corrected chi connectivity index (χ2v) is 23.8. The monoisotopic (exact) mass is 1170 g/mol. The third-order valence-corrected chi connectivity index (χ3v) is 17.5. The van der Waals surface area contributed by atoms with Gasteiger partial charge in [-0.1, -0.05) is 50.2 Å². The van der Waals surface area contributed by atoms with E-state index in [1.807, 2.05) is 43.1 Å². The van der Waals surface area contributed by atoms with E-state index in [1.165, 1.54) is 25.8 Å². The summed E-state index contributed by atoms with van der Waals surface area (Å²) in [4.78, 5) is 24.5. The van der Waals surface area contributed by atoms with Gasteiger partial charge in [-0.15, -0.1) is 5.10 Å². The minimum atomic E-state index is -2.02. The molecule has 23 nitrogen and oxygen atoms in total. The first-order valence-electron chi connectivity index (χ1n) is 29.1. The number of hydrogen-bond donors (Lipinski definition) is 5. The number of rotatable bonds is 22. The van der Waals surface area contributed by atoms with Crippen molar-refractivity contribution in [2.24, 2.45) is 28.8 Å². The summed E-state index contributed by atoms with van der Waals surface area (Å²) in [5.74, 6) is -4.48. The van der Waals surface area contributed by atoms with E-state index in [-0.39, 0.29) is 38.4 Å². The molecule has 0 amide bonds. The molecule has 0 radical (unpaired) electrons. The second-order valence-electron chi connectivity index (χ2n) is 23.8. The summed E-state index contributed by atoms with van der Waals surface area (Å²) in [6, 6.07) is 6.58. The number of benzene rings is 1. The van der Waals surface area contributed by atoms with E-state index in [9.17, 15) is 34.7 Å². The number of aliphatic hydroxyl groups excluding tert-OH is 3. The molecule has 4 saturated heterocycles. The van der Waals surface area contributed by atoms with Gasteiger partial charge in [0.25, 0.3) is 0 Å². The Morgan fingerprint density at radius 3 is 2.26 bits per heavy atom. The van der Waals surface area contributed by atoms with Crippen molar-refractivity contribution in [2.75, 3.05) is 92.8 Å². The Labute approximate surface area is 483 Å². The van der Waals surface area contributed by atoms with E-state index in [0.29, 0.717) is 44.9 Å². The molecule has 4 aliphatic heterocycles. The molecule has 82 heavy (non-hydrogen) atoms. The van der Waals surface area contributed by atoms with Gasteiger partial charge in [0.1, 0.15) is 42.7 Å². The van der Waals surface area contributed by atoms with Crippen molar-refractivity contribution in [1.29, 1.82) is 0 Å². The van der Waals surface area contributed by atoms with Crippen LogP contribution in [0.15, 0.2) is 35.6 Å². The van der Waals surface area contributed by atoms with Crippen LogP contribution in [0.4, 0.5) is 10.1 Å². The smallest absolute Gasteiger partial charge is 0.311 e. The van der Waals surface area contributed by atoms with Crippen LogP contribution in [0.5, 0.6) is 0 Å². The topological polar surface area (TPSA) is 269 Å². The predicted molar refractivity (Wildman–Crippen MR) is 299 cm³/mol. The maximum absolute atomic E-state index is 15.0. The van der Waals surface area contributed by atoms with E-state index in [0.717, 1.165) is 24.3 Å². The van der Waals surface area contributed by atoms with Gasteiger partial charge in [-0.2, -0.15) is 0 Å². The van der Waals surface area contributed by atoms with Crippen LogP contribution in [-0.4, -0.2) is 229 Å². The molecular weight excluding hydrogens is 1070 g/mol. The quantitative estimate of drug-likeness (QED) is 0.0480. The van der Waals surface area contributed by atoms with Gasteiger partial charge >= 0.3 is 5.97 Å². The molecule has 20 atom stereocenters. The molecule has 4 aliphatic rings. The number of oxime groups is 1. The summed E-state index contributed by atoms with van der Waals surface area (Å²) in [5.41, 5.74) is -2.30. The molecule has 0 bridgehead atoms. The number of aliphatic hydroxyl groups is 5. The summed E-state index contributed by atoms with van der Waals surface area (Å²) in [6.45, 7) is 19.6. The summed E-state index contributed by atoms with van der Waals surface area (Å²) < 4.78 is 77.0. The van der Waals surface area contributed by atoms with Crippen molar-refractivity contribution in [1.82, 2.24) is 19.9 Å². The Balaban J connectivity index is 1.29. The first kappa shape index (κ1) is 67.6. The van der Waals surface area contributed by atoms with Gasteiger partial charge in [-0.05, 0) is 85.5 Å². The zero-order chi connectivity index (χ0) is 60.3. The lowest BCUT2D eigenvalue weighted by Gasteiger charge is -2.49. The van der Waals surface area contributed by atoms with Crippen LogP contribution in [0.2, 0.25) is 0 Å². The highest BCUT2D eigenvalue weighted by atomic mass is 19.1. The number of methoxy groups -OCH3 is 3. The highest BCUT2D eigenvalue weighted by Crippen LogP contribution is 2.42. The van der Waals surface area contributed by atoms with Crippen LogP contribution in [0.3, 0.4) is 0 Å². The number of nitrogens with zero attached hydrogens (tertiary/aromatic N) is 6. The van der Waals surface area contributed by atoms with Gasteiger partial charge in [0, 0.05) is 89.5 Å². The number of esters is 1. The largest absolute Gasteiger partial charge is 0.459 e. The number of alkyl halides is 1. The molecule has 5 heterocycles. The molecule has 0 aliphatic carbocycles. The number of carbonyl (C=O) groups is 1. The Morgan fingerprint density at radius 1 is 0.927 bits per heavy atom. The van der Waals surface area contributed by atoms with E-state index in [2.05, 4.69) is 20.4 Å². The minimum Gasteiger partial charge on any atom is -0.459 e. The number of hydrogen-bond acceptors (Lipinski definition) is 22. The molecule has 2 aromatic rings. The molecule has 6 rings (SSSR count). The molecular formula is C58H97FN6O17. The maximum atomic E-state index is 15.0. The van der Waals surface area contributed by atoms with Crippen molar-refractivity contribution >= 4 is 17.4 Å². The van der Waals surface area contributed by atoms with E-state index in [4.69, 9.17) is 52.2 Å². The number of aromatic nitrogens is 3. The first-order valence-corrected chi connectivity index (χ1v) is 29.1. The fourth-order valence-electron chi connectivity index (χ4n) is 12.4. The Morgan fingerprint density at radius 2 is 1.62 bits per heavy atom. The van der Waals surface area contributed by atoms with E-state index >= 15 is 0 Å². The molecule has 4 fully saturated rings. The van der Waals surface area contributed by atoms with Crippen molar-refractivity contribution in [3.63, 3.8) is 0 Å². The standard InChI is InChI=1S/C58H97FN6O17/c1-15-45-58(10,71)51(67)36(4)47(61-77-33-76-27-26-72-12)34(2)29-56(8,70)53(37(5)49(38(6)54(69)80-45)81-46-30-57(9,74-14)52(68)39(7)79-46)82-55-48(66)43(28-35(3)78-55)63(11)21-20-41-32-65(62-60-41)44(31-59)50(73-13)40-16-18-42(19-17-40)64-22-24-75-25-23-64/h16-19,32,34-39,43-46,48-53,55,66-68,70-71H,15,20-31,33H2,1-14H3/b61-47+/t34-,35-,36+,37+,38-,39+,43+,44-,45-,46+,48-,49+,50-,51-,52+,53-,55+,56-,57-,58-/m1/s1. The van der Waals surface area contributed by atoms with E-state index < -0.39 is 133 Å². The number of anilines is 1. The van der Waals surface area contributed by atoms with Crippen molar-refractivity contribution in [3.8, 4) is 0 Å². The highest BCUT2D eigenvalue weighted by molar-refractivity contribution is 5.88. The van der Waals surface area contributed by atoms with Crippen LogP contribution in [0.1, 0.15) is 118 Å². The van der Waals surface area contributed by atoms with Crippen LogP contribution >= 0.6 is 0 Å². The van der Waals surface area contributed by atoms with Crippen LogP contribution < -0.4 is 4.90 Å². The SMILES string of the molecule is CC[C@H]1OC(=O)[C@H](C)[C@@H](O[C@H]2C[C@@](C)(OC)[C@@H](O)[C@H](C)O2)[C@H](C)[C@@H](O[C@@H]2O[C@H](C)C[C@H](N(C)CCc3cn([C@H](CF)[C@H](OC)c4ccc(N5CCOCC5)cc4)nn3)[C@H]2O)[C@](C)(O)C[C@@H](C)/C(=N\OCOCCOC)[C@H](C)[C@@H](O)[C@]1(C)O. The summed E-state index contributed by atoms with van der Waals surface area (Å²) in [5, 5.41) is 74.2. The minimum absolute atomic E-state index is 0.0468. The van der Waals surface area contributed by atoms with Crippen LogP contribution in [-0.2, 0) is 63.4 Å². The second kappa shape index (κ2) is 30.2. The lowest BCUT2D eigenvalue weighted by atomic mass is 9.73. The number of morpholine rings is 1. The van der Waals surface area contributed by atoms with E-state index in [1.54, 1.807) is 68.7 Å². The highest BCUT2D eigenvalue weighted by Gasteiger charge is 2.54. The number of carbonyl (C=O) groups excluding carboxylic acids is 1. The van der Waals surface area contributed by atoms with Crippen LogP contribution in [0.25, 0.3) is 0 Å². The summed E-state index contributed by atoms with van der Waals surface area (Å²) in [7, 11) is 6.44. The lowest BCUT2D eigenvalue weighted by molar-refractivity contribution is -0.318. The number of halogens is 1. The zero-order valence-electron chi connectivity index (χ0n) is 50.8. The summed E-state index contributed by atoms with van der Waals surface area (Å²) >= 11 is 0. The molecule has 1 aromatic heterocycles. The van der Waals surface area contributed by atoms with Crippen molar-refractivity contribution < 1.29 is 86.9 Å². The first-order chi connectivity index (χ1) is 38.8. The number of likely N-dealkylation sites (N-methyl/N-ethyl adjacent to an activating group) is 1. The Hall–Kier alpha value is -3.57.